The molecule has 9 nitrogen and oxygen atoms in total. The van der Waals surface area contributed by atoms with Crippen LogP contribution >= 0.6 is 0 Å². The molecule has 3 aliphatic carbocycles. The van der Waals surface area contributed by atoms with E-state index >= 15 is 0 Å². The fourth-order valence-electron chi connectivity index (χ4n) is 11.0. The lowest BCUT2D eigenvalue weighted by atomic mass is 9.71. The van der Waals surface area contributed by atoms with E-state index in [-0.39, 0.29) is 71.9 Å². The summed E-state index contributed by atoms with van der Waals surface area (Å²) in [6.45, 7) is 14.5. The highest BCUT2D eigenvalue weighted by Crippen LogP contribution is 2.65. The van der Waals surface area contributed by atoms with Crippen molar-refractivity contribution in [2.24, 2.45) is 40.4 Å². The van der Waals surface area contributed by atoms with Crippen molar-refractivity contribution in [1.29, 1.82) is 0 Å². The number of sulfone groups is 1. The number of carbonyl (C=O) groups is 5. The topological polar surface area (TPSA) is 126 Å². The van der Waals surface area contributed by atoms with Crippen molar-refractivity contribution in [1.82, 2.24) is 9.80 Å². The van der Waals surface area contributed by atoms with Gasteiger partial charge in [0.05, 0.1) is 16.5 Å². The van der Waals surface area contributed by atoms with Crippen LogP contribution in [0.4, 0.5) is 0 Å². The van der Waals surface area contributed by atoms with Gasteiger partial charge in [-0.3, -0.25) is 24.0 Å². The smallest absolute Gasteiger partial charge is 0.226 e. The second kappa shape index (κ2) is 19.0. The van der Waals surface area contributed by atoms with Gasteiger partial charge in [-0.25, -0.2) is 8.42 Å². The van der Waals surface area contributed by atoms with Gasteiger partial charge in [-0.2, -0.15) is 0 Å². The summed E-state index contributed by atoms with van der Waals surface area (Å²) in [5, 5.41) is 0. The quantitative estimate of drug-likeness (QED) is 0.151. The Morgan fingerprint density at radius 1 is 0.804 bits per heavy atom. The summed E-state index contributed by atoms with van der Waals surface area (Å²) in [6, 6.07) is -0.646. The third-order valence-electron chi connectivity index (χ3n) is 15.1. The molecule has 0 aromatic heterocycles. The lowest BCUT2D eigenvalue weighted by Crippen LogP contribution is -2.49. The zero-order valence-corrected chi connectivity index (χ0v) is 36.8. The van der Waals surface area contributed by atoms with Crippen LogP contribution in [-0.2, 0) is 33.8 Å². The molecule has 5 fully saturated rings. The van der Waals surface area contributed by atoms with E-state index < -0.39 is 43.7 Å². The average Bonchev–Trinajstić information content (AvgIpc) is 3.99. The molecular formula is C46H76N2O7S. The summed E-state index contributed by atoms with van der Waals surface area (Å²) in [5.74, 6) is -1.75. The number of nitrogens with zero attached hydrogens (tertiary/aromatic N) is 2. The number of hydrogen-bond acceptors (Lipinski definition) is 8. The van der Waals surface area contributed by atoms with Gasteiger partial charge in [0.25, 0.3) is 0 Å². The van der Waals surface area contributed by atoms with Gasteiger partial charge in [0, 0.05) is 50.6 Å². The second-order valence-corrected chi connectivity index (χ2v) is 22.9. The van der Waals surface area contributed by atoms with Crippen LogP contribution in [-0.4, -0.2) is 90.0 Å². The SMILES string of the molecule is CCN(CC)CC(C)(C)S(=O)(=O)CC1(CC(=O)C[C@H]2CCCCCCCCCC[C@@H](C(=O)C(=O)CC3CC3)CC(=O)[C@@H]3[C@@H]4[C@H](CN3C2=O)C4(C)C)CCCCC1. The van der Waals surface area contributed by atoms with E-state index in [9.17, 15) is 32.4 Å². The Kier molecular flexibility index (Phi) is 15.3. The minimum absolute atomic E-state index is 0.00529. The van der Waals surface area contributed by atoms with Gasteiger partial charge in [0.1, 0.15) is 5.78 Å². The predicted molar refractivity (Wildman–Crippen MR) is 222 cm³/mol. The van der Waals surface area contributed by atoms with Gasteiger partial charge in [0.2, 0.25) is 11.7 Å². The molecule has 0 radical (unpaired) electrons. The molecule has 2 heterocycles. The van der Waals surface area contributed by atoms with Crippen molar-refractivity contribution in [3.05, 3.63) is 0 Å². The number of ketones is 4. The first kappa shape index (κ1) is 45.1. The first-order chi connectivity index (χ1) is 26.4. The molecule has 2 aliphatic heterocycles. The van der Waals surface area contributed by atoms with E-state index in [4.69, 9.17) is 0 Å². The molecule has 2 saturated heterocycles. The van der Waals surface area contributed by atoms with E-state index in [2.05, 4.69) is 18.7 Å². The van der Waals surface area contributed by atoms with Gasteiger partial charge >= 0.3 is 0 Å². The van der Waals surface area contributed by atoms with Crippen LogP contribution in [0.5, 0.6) is 0 Å². The summed E-state index contributed by atoms with van der Waals surface area (Å²) in [6.07, 6.45) is 15.7. The van der Waals surface area contributed by atoms with Crippen LogP contribution in [0.2, 0.25) is 0 Å². The first-order valence-electron chi connectivity index (χ1n) is 22.8. The maximum atomic E-state index is 14.8. The fraction of sp³-hybridized carbons (Fsp3) is 0.891. The van der Waals surface area contributed by atoms with Crippen molar-refractivity contribution in [3.8, 4) is 0 Å². The van der Waals surface area contributed by atoms with Crippen LogP contribution in [0.3, 0.4) is 0 Å². The maximum absolute atomic E-state index is 14.8. The number of rotatable bonds is 15. The normalized spacial score (nSPS) is 29.3. The Morgan fingerprint density at radius 3 is 1.96 bits per heavy atom. The first-order valence-corrected chi connectivity index (χ1v) is 24.5. The van der Waals surface area contributed by atoms with E-state index in [1.54, 1.807) is 4.90 Å². The number of Topliss-reactive ketones (excluding diaryl/α,β-unsaturated/α-hetero) is 4. The van der Waals surface area contributed by atoms with Crippen LogP contribution in [0.25, 0.3) is 0 Å². The van der Waals surface area contributed by atoms with Crippen molar-refractivity contribution < 1.29 is 32.4 Å². The van der Waals surface area contributed by atoms with E-state index in [1.807, 2.05) is 27.7 Å². The van der Waals surface area contributed by atoms with Crippen LogP contribution in [0, 0.1) is 40.4 Å². The monoisotopic (exact) mass is 801 g/mol. The van der Waals surface area contributed by atoms with Crippen molar-refractivity contribution in [2.45, 2.75) is 187 Å². The molecule has 0 aromatic carbocycles. The van der Waals surface area contributed by atoms with Gasteiger partial charge in [-0.1, -0.05) is 98.3 Å². The lowest BCUT2D eigenvalue weighted by molar-refractivity contribution is -0.145. The summed E-state index contributed by atoms with van der Waals surface area (Å²) in [7, 11) is -3.57. The minimum Gasteiger partial charge on any atom is -0.332 e. The third kappa shape index (κ3) is 11.0. The highest BCUT2D eigenvalue weighted by molar-refractivity contribution is 7.92. The lowest BCUT2D eigenvalue weighted by Gasteiger charge is -2.40. The van der Waals surface area contributed by atoms with E-state index in [0.717, 1.165) is 96.6 Å². The largest absolute Gasteiger partial charge is 0.332 e. The van der Waals surface area contributed by atoms with E-state index in [1.165, 1.54) is 0 Å². The van der Waals surface area contributed by atoms with Gasteiger partial charge < -0.3 is 9.80 Å². The average molecular weight is 801 g/mol. The van der Waals surface area contributed by atoms with Gasteiger partial charge in [-0.05, 0) is 94.0 Å². The number of amides is 1. The molecular weight excluding hydrogens is 725 g/mol. The Bertz CT molecular complexity index is 1520. The van der Waals surface area contributed by atoms with E-state index in [0.29, 0.717) is 44.7 Å². The minimum atomic E-state index is -3.57. The van der Waals surface area contributed by atoms with Crippen molar-refractivity contribution in [3.63, 3.8) is 0 Å². The molecule has 0 bridgehead atoms. The molecule has 318 valence electrons. The summed E-state index contributed by atoms with van der Waals surface area (Å²) in [5.41, 5.74) is -0.731. The zero-order valence-electron chi connectivity index (χ0n) is 36.0. The Hall–Kier alpha value is -1.94. The third-order valence-corrected chi connectivity index (χ3v) is 17.9. The van der Waals surface area contributed by atoms with Crippen LogP contribution < -0.4 is 0 Å². The molecule has 5 aliphatic rings. The standard InChI is InChI=1S/C46H76N2O7S/c1-7-47(8-2)31-44(3,4)56(54,55)32-46(24-18-15-19-25-46)29-36(49)27-35-21-17-14-12-10-9-11-13-16-20-34(42(52)39(51)26-33-22-23-33)28-38(50)41-40-37(45(40,5)6)30-48(41)43(35)53/h33-35,37,40-41H,7-32H2,1-6H3/t34-,35-,37+,40+,41-/m1/s1. The zero-order chi connectivity index (χ0) is 40.9. The summed E-state index contributed by atoms with van der Waals surface area (Å²) < 4.78 is 27.4. The number of piperidine rings is 1. The maximum Gasteiger partial charge on any atom is 0.226 e. The molecule has 0 spiro atoms. The molecule has 56 heavy (non-hydrogen) atoms. The molecule has 0 unspecified atom stereocenters. The highest BCUT2D eigenvalue weighted by atomic mass is 32.2. The Labute approximate surface area is 339 Å². The molecule has 0 aromatic rings. The molecule has 3 saturated carbocycles. The molecule has 1 amide bonds. The molecule has 5 atom stereocenters. The van der Waals surface area contributed by atoms with Crippen LogP contribution in [0.15, 0.2) is 0 Å². The van der Waals surface area contributed by atoms with Crippen LogP contribution in [0.1, 0.15) is 176 Å². The fourth-order valence-corrected chi connectivity index (χ4v) is 13.0. The van der Waals surface area contributed by atoms with Gasteiger partial charge in [0.15, 0.2) is 21.4 Å². The van der Waals surface area contributed by atoms with Crippen molar-refractivity contribution in [2.75, 3.05) is 31.9 Å². The number of fused-ring (bicyclic) bond motifs is 3. The Balaban J connectivity index is 1.36. The number of hydrogen-bond donors (Lipinski definition) is 0. The predicted octanol–water partition coefficient (Wildman–Crippen LogP) is 8.35. The summed E-state index contributed by atoms with van der Waals surface area (Å²) in [4.78, 5) is 74.1. The molecule has 0 N–H and O–H groups in total. The molecule has 10 heteroatoms. The number of carbonyl (C=O) groups excluding carboxylic acids is 5. The Morgan fingerprint density at radius 2 is 1.38 bits per heavy atom. The van der Waals surface area contributed by atoms with Gasteiger partial charge in [-0.15, -0.1) is 0 Å². The van der Waals surface area contributed by atoms with Crippen molar-refractivity contribution >= 4 is 38.9 Å². The molecule has 5 rings (SSSR count). The second-order valence-electron chi connectivity index (χ2n) is 20.3. The highest BCUT2D eigenvalue weighted by Gasteiger charge is 2.69. The summed E-state index contributed by atoms with van der Waals surface area (Å²) >= 11 is 0.